The Morgan fingerprint density at radius 3 is 1.95 bits per heavy atom. The van der Waals surface area contributed by atoms with Crippen LogP contribution in [0.5, 0.6) is 34.5 Å². The lowest BCUT2D eigenvalue weighted by Crippen LogP contribution is -2.28. The second-order valence-corrected chi connectivity index (χ2v) is 8.02. The van der Waals surface area contributed by atoms with Crippen molar-refractivity contribution in [1.82, 2.24) is 0 Å². The van der Waals surface area contributed by atoms with Crippen LogP contribution in [0.4, 0.5) is 0 Å². The number of esters is 1. The van der Waals surface area contributed by atoms with E-state index in [-0.39, 0.29) is 23.3 Å². The quantitative estimate of drug-likeness (QED) is 0.0859. The number of aliphatic carboxylic acids is 2. The molecule has 12 nitrogen and oxygen atoms in total. The van der Waals surface area contributed by atoms with Crippen LogP contribution in [0.3, 0.4) is 0 Å². The van der Waals surface area contributed by atoms with Crippen molar-refractivity contribution in [2.24, 2.45) is 0 Å². The third-order valence-electron chi connectivity index (χ3n) is 5.12. The summed E-state index contributed by atoms with van der Waals surface area (Å²) in [7, 11) is 0. The fraction of sp³-hybridized carbons (Fsp3) is 0.0741. The van der Waals surface area contributed by atoms with Crippen LogP contribution in [0, 0.1) is 0 Å². The Balaban J connectivity index is 1.69. The first-order chi connectivity index (χ1) is 18.4. The summed E-state index contributed by atoms with van der Waals surface area (Å²) in [4.78, 5) is 35.3. The van der Waals surface area contributed by atoms with Crippen LogP contribution in [0.15, 0.2) is 66.4 Å². The molecule has 3 rings (SSSR count). The van der Waals surface area contributed by atoms with Crippen LogP contribution in [-0.2, 0) is 25.5 Å². The lowest BCUT2D eigenvalue weighted by molar-refractivity contribution is -0.160. The molecule has 0 unspecified atom stereocenters. The zero-order valence-electron chi connectivity index (χ0n) is 19.9. The second kappa shape index (κ2) is 12.1. The molecule has 12 heteroatoms. The number of carboxylic acid groups (broad SMARTS) is 2. The first kappa shape index (κ1) is 27.9. The topological polar surface area (TPSA) is 211 Å². The minimum atomic E-state index is -1.59. The summed E-state index contributed by atoms with van der Waals surface area (Å²) in [5.41, 5.74) is 0.755. The molecule has 3 aromatic carbocycles. The van der Waals surface area contributed by atoms with Crippen LogP contribution < -0.4 is 4.74 Å². The number of phenolic OH excluding ortho intramolecular Hbond substituents is 5. The fourth-order valence-corrected chi connectivity index (χ4v) is 3.19. The number of benzene rings is 3. The minimum Gasteiger partial charge on any atom is -0.504 e. The lowest BCUT2D eigenvalue weighted by atomic mass is 10.1. The van der Waals surface area contributed by atoms with Gasteiger partial charge in [0.2, 0.25) is 11.9 Å². The maximum Gasteiger partial charge on any atom is 0.371 e. The van der Waals surface area contributed by atoms with E-state index in [1.807, 2.05) is 0 Å². The lowest BCUT2D eigenvalue weighted by Gasteiger charge is -2.13. The van der Waals surface area contributed by atoms with E-state index >= 15 is 0 Å². The molecule has 1 atom stereocenters. The third kappa shape index (κ3) is 7.67. The number of rotatable bonds is 10. The molecule has 0 radical (unpaired) electrons. The Kier molecular flexibility index (Phi) is 8.64. The van der Waals surface area contributed by atoms with E-state index in [0.717, 1.165) is 36.4 Å². The monoisotopic (exact) mass is 538 g/mol. The maximum absolute atomic E-state index is 12.2. The van der Waals surface area contributed by atoms with Gasteiger partial charge in [0.1, 0.15) is 0 Å². The number of hydrogen-bond donors (Lipinski definition) is 7. The van der Waals surface area contributed by atoms with E-state index in [0.29, 0.717) is 5.56 Å². The Labute approximate surface area is 220 Å². The molecule has 0 saturated carbocycles. The highest BCUT2D eigenvalue weighted by molar-refractivity contribution is 5.91. The Hall–Kier alpha value is -5.65. The number of phenols is 5. The minimum absolute atomic E-state index is 0.196. The predicted octanol–water partition coefficient (Wildman–Crippen LogP) is 2.97. The first-order valence-electron chi connectivity index (χ1n) is 11.0. The molecule has 0 aliphatic heterocycles. The van der Waals surface area contributed by atoms with E-state index in [2.05, 4.69) is 0 Å². The van der Waals surface area contributed by atoms with E-state index in [1.54, 1.807) is 0 Å². The Bertz CT molecular complexity index is 1470. The van der Waals surface area contributed by atoms with Crippen molar-refractivity contribution < 1.29 is 59.6 Å². The summed E-state index contributed by atoms with van der Waals surface area (Å²) in [5, 5.41) is 66.9. The average molecular weight is 538 g/mol. The standard InChI is InChI=1S/C27H22O12/c28-17-5-1-15(10-19(17)30)12-23(26(34)35)38-22-7-3-14(9-21(22)32)4-8-25(33)39-24(27(36)37)13-16-2-6-18(29)20(31)11-16/h1-12,24,28-32H,13H2,(H,34,35)(H,36,37)/b8-4+,23-12-/t24-/m0/s1. The van der Waals surface area contributed by atoms with Gasteiger partial charge in [-0.25, -0.2) is 14.4 Å². The van der Waals surface area contributed by atoms with Crippen molar-refractivity contribution in [3.8, 4) is 34.5 Å². The van der Waals surface area contributed by atoms with Crippen molar-refractivity contribution in [3.63, 3.8) is 0 Å². The summed E-state index contributed by atoms with van der Waals surface area (Å²) in [6.07, 6.45) is 1.32. The van der Waals surface area contributed by atoms with Crippen molar-refractivity contribution in [2.45, 2.75) is 12.5 Å². The van der Waals surface area contributed by atoms with Gasteiger partial charge < -0.3 is 45.2 Å². The molecule has 0 amide bonds. The summed E-state index contributed by atoms with van der Waals surface area (Å²) in [5.74, 6) is -6.98. The molecule has 0 aliphatic rings. The van der Waals surface area contributed by atoms with Crippen LogP contribution in [0.25, 0.3) is 12.2 Å². The Morgan fingerprint density at radius 1 is 0.744 bits per heavy atom. The van der Waals surface area contributed by atoms with Gasteiger partial charge in [0.15, 0.2) is 34.5 Å². The number of carbonyl (C=O) groups excluding carboxylic acids is 1. The number of aromatic hydroxyl groups is 5. The van der Waals surface area contributed by atoms with Crippen molar-refractivity contribution in [3.05, 3.63) is 83.1 Å². The molecule has 3 aromatic rings. The Morgan fingerprint density at radius 2 is 1.36 bits per heavy atom. The summed E-state index contributed by atoms with van der Waals surface area (Å²) >= 11 is 0. The van der Waals surface area contributed by atoms with E-state index in [4.69, 9.17) is 9.47 Å². The number of carbonyl (C=O) groups is 3. The summed E-state index contributed by atoms with van der Waals surface area (Å²) < 4.78 is 10.2. The molecule has 0 bridgehead atoms. The zero-order valence-corrected chi connectivity index (χ0v) is 19.9. The fourth-order valence-electron chi connectivity index (χ4n) is 3.19. The summed E-state index contributed by atoms with van der Waals surface area (Å²) in [6, 6.07) is 11.0. The van der Waals surface area contributed by atoms with E-state index in [9.17, 15) is 50.1 Å². The molecule has 202 valence electrons. The van der Waals surface area contributed by atoms with Gasteiger partial charge >= 0.3 is 17.9 Å². The van der Waals surface area contributed by atoms with Gasteiger partial charge in [-0.1, -0.05) is 18.2 Å². The molecule has 0 saturated heterocycles. The molecule has 0 spiro atoms. The van der Waals surface area contributed by atoms with Gasteiger partial charge in [-0.15, -0.1) is 0 Å². The van der Waals surface area contributed by atoms with E-state index in [1.165, 1.54) is 36.4 Å². The highest BCUT2D eigenvalue weighted by Crippen LogP contribution is 2.31. The van der Waals surface area contributed by atoms with Gasteiger partial charge in [0, 0.05) is 12.5 Å². The second-order valence-electron chi connectivity index (χ2n) is 8.02. The van der Waals surface area contributed by atoms with Crippen molar-refractivity contribution in [1.29, 1.82) is 0 Å². The van der Waals surface area contributed by atoms with Gasteiger partial charge in [-0.05, 0) is 65.2 Å². The van der Waals surface area contributed by atoms with E-state index < -0.39 is 58.5 Å². The normalized spacial score (nSPS) is 12.2. The van der Waals surface area contributed by atoms with Crippen LogP contribution in [-0.4, -0.2) is 59.8 Å². The smallest absolute Gasteiger partial charge is 0.371 e. The molecule has 39 heavy (non-hydrogen) atoms. The van der Waals surface area contributed by atoms with Crippen LogP contribution >= 0.6 is 0 Å². The largest absolute Gasteiger partial charge is 0.504 e. The number of hydrogen-bond acceptors (Lipinski definition) is 10. The molecule has 7 N–H and O–H groups in total. The van der Waals surface area contributed by atoms with Crippen LogP contribution in [0.2, 0.25) is 0 Å². The molecular weight excluding hydrogens is 516 g/mol. The van der Waals surface area contributed by atoms with Crippen LogP contribution in [0.1, 0.15) is 16.7 Å². The van der Waals surface area contributed by atoms with Crippen molar-refractivity contribution in [2.75, 3.05) is 0 Å². The van der Waals surface area contributed by atoms with Gasteiger partial charge in [0.25, 0.3) is 0 Å². The maximum atomic E-state index is 12.2. The van der Waals surface area contributed by atoms with Gasteiger partial charge in [0.05, 0.1) is 0 Å². The molecule has 0 heterocycles. The molecule has 0 fully saturated rings. The van der Waals surface area contributed by atoms with Gasteiger partial charge in [-0.3, -0.25) is 0 Å². The van der Waals surface area contributed by atoms with Crippen molar-refractivity contribution >= 4 is 30.1 Å². The highest BCUT2D eigenvalue weighted by Gasteiger charge is 2.22. The van der Waals surface area contributed by atoms with Gasteiger partial charge in [-0.2, -0.15) is 0 Å². The first-order valence-corrected chi connectivity index (χ1v) is 11.0. The third-order valence-corrected chi connectivity index (χ3v) is 5.12. The SMILES string of the molecule is O=C(/C=C/c1ccc(O/C(=C\c2ccc(O)c(O)c2)C(=O)O)c(O)c1)O[C@@H](Cc1ccc(O)c(O)c1)C(=O)O. The average Bonchev–Trinajstić information content (AvgIpc) is 2.87. The highest BCUT2D eigenvalue weighted by atomic mass is 16.6. The predicted molar refractivity (Wildman–Crippen MR) is 134 cm³/mol. The number of carboxylic acids is 2. The zero-order chi connectivity index (χ0) is 28.7. The number of ether oxygens (including phenoxy) is 2. The summed E-state index contributed by atoms with van der Waals surface area (Å²) in [6.45, 7) is 0. The molecular formula is C27H22O12. The molecule has 0 aliphatic carbocycles. The molecule has 0 aromatic heterocycles.